The molecule has 0 fully saturated rings. The van der Waals surface area contributed by atoms with Crippen LogP contribution in [0.5, 0.6) is 0 Å². The van der Waals surface area contributed by atoms with Crippen LogP contribution in [0, 0.1) is 12.1 Å². The van der Waals surface area contributed by atoms with Crippen LogP contribution in [0.15, 0.2) is 156 Å². The van der Waals surface area contributed by atoms with Crippen molar-refractivity contribution < 1.29 is 25.9 Å². The van der Waals surface area contributed by atoms with E-state index in [4.69, 9.17) is 5.79 Å². The van der Waals surface area contributed by atoms with Crippen molar-refractivity contribution in [2.24, 2.45) is 0 Å². The Hall–Kier alpha value is -5.41. The van der Waals surface area contributed by atoms with Crippen LogP contribution >= 0.6 is 0 Å². The Kier molecular flexibility index (Phi) is 8.81. The van der Waals surface area contributed by atoms with Gasteiger partial charge in [-0.05, 0) is 40.4 Å². The van der Waals surface area contributed by atoms with Crippen LogP contribution in [0.3, 0.4) is 0 Å². The van der Waals surface area contributed by atoms with Crippen LogP contribution in [0.25, 0.3) is 77.1 Å². The SMILES string of the molecule is [2H]C(C)(C)c1ccnc(-c2[c-]cc3c(ccc4ccccc43)c2)c1.[Ir].[c-]1ccccc1-c1cc2oc3c(-c4ccccc4)cccc3c2cn1. The number of para-hydroxylation sites is 1. The second-order valence-electron chi connectivity index (χ2n) is 12.1. The third kappa shape index (κ3) is 6.41. The van der Waals surface area contributed by atoms with Gasteiger partial charge in [0.2, 0.25) is 0 Å². The molecule has 9 aromatic rings. The van der Waals surface area contributed by atoms with Gasteiger partial charge < -0.3 is 14.4 Å². The molecule has 0 saturated heterocycles. The fourth-order valence-corrected chi connectivity index (χ4v) is 6.22. The summed E-state index contributed by atoms with van der Waals surface area (Å²) in [6, 6.07) is 53.8. The fourth-order valence-electron chi connectivity index (χ4n) is 6.22. The smallest absolute Gasteiger partial charge is 0.143 e. The zero-order valence-corrected chi connectivity index (χ0v) is 29.5. The maximum Gasteiger partial charge on any atom is 0.143 e. The van der Waals surface area contributed by atoms with Gasteiger partial charge in [-0.3, -0.25) is 0 Å². The molecule has 3 aromatic heterocycles. The zero-order valence-electron chi connectivity index (χ0n) is 28.1. The van der Waals surface area contributed by atoms with Crippen molar-refractivity contribution in [2.45, 2.75) is 19.7 Å². The van der Waals surface area contributed by atoms with E-state index in [0.29, 0.717) is 0 Å². The quantitative estimate of drug-likeness (QED) is 0.131. The molecule has 0 N–H and O–H groups in total. The number of aromatic nitrogens is 2. The van der Waals surface area contributed by atoms with Gasteiger partial charge in [-0.1, -0.05) is 121 Å². The maximum absolute atomic E-state index is 8.22. The van der Waals surface area contributed by atoms with Crippen molar-refractivity contribution in [2.75, 3.05) is 0 Å². The van der Waals surface area contributed by atoms with Gasteiger partial charge in [0, 0.05) is 50.2 Å². The summed E-state index contributed by atoms with van der Waals surface area (Å²) in [5.41, 5.74) is 8.62. The van der Waals surface area contributed by atoms with Crippen molar-refractivity contribution >= 4 is 43.5 Å². The number of hydrogen-bond donors (Lipinski definition) is 0. The van der Waals surface area contributed by atoms with E-state index in [9.17, 15) is 0 Å². The predicted molar refractivity (Wildman–Crippen MR) is 199 cm³/mol. The fraction of sp³-hybridized carbons (Fsp3) is 0.0667. The summed E-state index contributed by atoms with van der Waals surface area (Å²) in [4.78, 5) is 9.09. The Labute approximate surface area is 301 Å². The topological polar surface area (TPSA) is 38.9 Å². The molecule has 0 unspecified atom stereocenters. The van der Waals surface area contributed by atoms with Gasteiger partial charge in [-0.2, -0.15) is 0 Å². The predicted octanol–water partition coefficient (Wildman–Crippen LogP) is 12.1. The summed E-state index contributed by atoms with van der Waals surface area (Å²) >= 11 is 0. The molecule has 49 heavy (non-hydrogen) atoms. The minimum atomic E-state index is -0.634. The van der Waals surface area contributed by atoms with Gasteiger partial charge in [0.15, 0.2) is 0 Å². The molecule has 1 radical (unpaired) electrons. The van der Waals surface area contributed by atoms with Crippen molar-refractivity contribution in [1.82, 2.24) is 9.97 Å². The van der Waals surface area contributed by atoms with E-state index < -0.39 is 5.89 Å². The third-order valence-corrected chi connectivity index (χ3v) is 8.74. The van der Waals surface area contributed by atoms with E-state index in [1.165, 1.54) is 21.5 Å². The Morgan fingerprint density at radius 1 is 0.633 bits per heavy atom. The molecule has 0 aliphatic carbocycles. The number of furan rings is 1. The third-order valence-electron chi connectivity index (χ3n) is 8.74. The first-order valence-corrected chi connectivity index (χ1v) is 16.1. The molecule has 0 spiro atoms. The number of nitrogens with zero attached hydrogens (tertiary/aromatic N) is 2. The largest absolute Gasteiger partial charge is 0.456 e. The monoisotopic (exact) mass is 810 g/mol. The number of hydrogen-bond acceptors (Lipinski definition) is 3. The second kappa shape index (κ2) is 14.0. The number of rotatable bonds is 4. The van der Waals surface area contributed by atoms with Crippen LogP contribution in [0.1, 0.15) is 26.7 Å². The van der Waals surface area contributed by atoms with E-state index in [1.807, 2.05) is 86.8 Å². The molecule has 3 nitrogen and oxygen atoms in total. The Morgan fingerprint density at radius 2 is 1.41 bits per heavy atom. The average molecular weight is 810 g/mol. The Bertz CT molecular complexity index is 2590. The summed E-state index contributed by atoms with van der Waals surface area (Å²) in [6.07, 6.45) is 3.67. The van der Waals surface area contributed by atoms with E-state index in [2.05, 4.69) is 94.9 Å². The van der Waals surface area contributed by atoms with Crippen molar-refractivity contribution in [3.05, 3.63) is 170 Å². The molecule has 0 atom stereocenters. The minimum absolute atomic E-state index is 0. The van der Waals surface area contributed by atoms with Gasteiger partial charge in [-0.15, -0.1) is 65.0 Å². The first-order chi connectivity index (χ1) is 23.9. The Morgan fingerprint density at radius 3 is 2.24 bits per heavy atom. The van der Waals surface area contributed by atoms with Gasteiger partial charge in [0.05, 0.1) is 0 Å². The molecule has 0 aliphatic heterocycles. The van der Waals surface area contributed by atoms with Crippen LogP contribution in [-0.4, -0.2) is 9.97 Å². The average Bonchev–Trinajstić information content (AvgIpc) is 3.53. The van der Waals surface area contributed by atoms with Crippen molar-refractivity contribution in [1.29, 1.82) is 0 Å². The first-order valence-electron chi connectivity index (χ1n) is 16.6. The van der Waals surface area contributed by atoms with Gasteiger partial charge in [0.1, 0.15) is 11.2 Å². The number of benzene rings is 6. The first kappa shape index (κ1) is 30.9. The molecule has 0 aliphatic rings. The maximum atomic E-state index is 8.22. The van der Waals surface area contributed by atoms with Gasteiger partial charge >= 0.3 is 0 Å². The van der Waals surface area contributed by atoms with Crippen LogP contribution in [-0.2, 0) is 20.1 Å². The molecule has 0 bridgehead atoms. The number of pyridine rings is 2. The zero-order chi connectivity index (χ0) is 33.4. The summed E-state index contributed by atoms with van der Waals surface area (Å²) in [6.45, 7) is 3.78. The van der Waals surface area contributed by atoms with Crippen LogP contribution in [0.4, 0.5) is 0 Å². The van der Waals surface area contributed by atoms with Gasteiger partial charge in [-0.25, -0.2) is 0 Å². The molecule has 6 aromatic carbocycles. The van der Waals surface area contributed by atoms with Gasteiger partial charge in [0.25, 0.3) is 0 Å². The molecule has 0 saturated carbocycles. The summed E-state index contributed by atoms with van der Waals surface area (Å²) < 4.78 is 14.5. The molecule has 3 heterocycles. The molecule has 4 heteroatoms. The Balaban J connectivity index is 0.000000154. The summed E-state index contributed by atoms with van der Waals surface area (Å²) in [7, 11) is 0. The van der Waals surface area contributed by atoms with E-state index >= 15 is 0 Å². The summed E-state index contributed by atoms with van der Waals surface area (Å²) in [5.74, 6) is -0.634. The summed E-state index contributed by atoms with van der Waals surface area (Å²) in [5, 5.41) is 6.99. The van der Waals surface area contributed by atoms with E-state index in [1.54, 1.807) is 6.20 Å². The number of fused-ring (bicyclic) bond motifs is 6. The van der Waals surface area contributed by atoms with Crippen molar-refractivity contribution in [3.8, 4) is 33.6 Å². The minimum Gasteiger partial charge on any atom is -0.456 e. The van der Waals surface area contributed by atoms with Crippen molar-refractivity contribution in [3.63, 3.8) is 0 Å². The molecular formula is C45H32IrN2O-2. The van der Waals surface area contributed by atoms with E-state index in [-0.39, 0.29) is 20.1 Å². The molecule has 0 amide bonds. The van der Waals surface area contributed by atoms with E-state index in [0.717, 1.165) is 61.1 Å². The molecule has 239 valence electrons. The van der Waals surface area contributed by atoms with Crippen LogP contribution in [0.2, 0.25) is 0 Å². The van der Waals surface area contributed by atoms with Crippen LogP contribution < -0.4 is 0 Å². The second-order valence-corrected chi connectivity index (χ2v) is 12.1. The normalized spacial score (nSPS) is 11.6. The standard InChI is InChI=1S/C23H14NO.C22H18N.Ir/c1-3-8-16(9-4-1)18-12-7-13-19-20-15-24-21(14-22(20)25-23(18)19)17-10-5-2-6-11-17;1-15(2)17-11-12-23-22(14-17)19-9-10-21-18(13-19)8-7-16-5-3-4-6-20(16)21;/h1-10,12-15H;3-8,10-15H,1-2H3;/q2*-1;/i;15D;. The molecular weight excluding hydrogens is 777 g/mol. The molecule has 9 rings (SSSR count).